The Bertz CT molecular complexity index is 584. The van der Waals surface area contributed by atoms with Crippen molar-refractivity contribution in [1.82, 2.24) is 15.6 Å². The van der Waals surface area contributed by atoms with Crippen molar-refractivity contribution in [2.24, 2.45) is 0 Å². The summed E-state index contributed by atoms with van der Waals surface area (Å²) in [6.45, 7) is 0. The molecule has 0 bridgehead atoms. The Kier molecular flexibility index (Phi) is 5.81. The molecule has 0 aliphatic heterocycles. The average molecular weight is 345 g/mol. The van der Waals surface area contributed by atoms with Gasteiger partial charge in [0.05, 0.1) is 5.02 Å². The molecule has 0 atom stereocenters. The van der Waals surface area contributed by atoms with Crippen LogP contribution >= 0.6 is 35.3 Å². The molecule has 0 saturated heterocycles. The van der Waals surface area contributed by atoms with Gasteiger partial charge < -0.3 is 0 Å². The van der Waals surface area contributed by atoms with Gasteiger partial charge in [-0.15, -0.1) is 22.6 Å². The van der Waals surface area contributed by atoms with Crippen LogP contribution in [0.15, 0.2) is 24.3 Å². The van der Waals surface area contributed by atoms with E-state index in [1.54, 1.807) is 11.3 Å². The van der Waals surface area contributed by atoms with Gasteiger partial charge in [0.25, 0.3) is 0 Å². The Labute approximate surface area is 139 Å². The van der Waals surface area contributed by atoms with E-state index in [0.29, 0.717) is 11.1 Å². The zero-order valence-electron chi connectivity index (χ0n) is 11.8. The van der Waals surface area contributed by atoms with Crippen molar-refractivity contribution in [2.45, 2.75) is 31.7 Å². The monoisotopic (exact) mass is 344 g/mol. The highest BCUT2D eigenvalue weighted by molar-refractivity contribution is 7.18. The molecule has 1 aromatic heterocycles. The molecule has 21 heavy (non-hydrogen) atoms. The zero-order valence-corrected chi connectivity index (χ0v) is 14.1. The highest BCUT2D eigenvalue weighted by atomic mass is 35.5. The first-order chi connectivity index (χ1) is 9.74. The summed E-state index contributed by atoms with van der Waals surface area (Å²) in [6.07, 6.45) is 5.10. The van der Waals surface area contributed by atoms with Crippen molar-refractivity contribution < 1.29 is 0 Å². The summed E-state index contributed by atoms with van der Waals surface area (Å²) >= 11 is 7.74. The van der Waals surface area contributed by atoms with E-state index in [4.69, 9.17) is 11.6 Å². The van der Waals surface area contributed by atoms with Crippen molar-refractivity contribution >= 4 is 40.5 Å². The summed E-state index contributed by atoms with van der Waals surface area (Å²) in [5, 5.41) is 12.9. The number of rotatable bonds is 4. The number of hydrogen-bond acceptors (Lipinski definition) is 5. The number of hydrazine groups is 1. The Hall–Kier alpha value is -0.880. The third kappa shape index (κ3) is 3.86. The molecule has 4 nitrogen and oxygen atoms in total. The normalized spacial score (nSPS) is 15.0. The number of hydrogen-bond donors (Lipinski definition) is 1. The van der Waals surface area contributed by atoms with Crippen LogP contribution in [0.25, 0.3) is 10.6 Å². The van der Waals surface area contributed by atoms with E-state index in [2.05, 4.69) is 15.6 Å². The van der Waals surface area contributed by atoms with Gasteiger partial charge in [0, 0.05) is 18.7 Å². The minimum atomic E-state index is 0. The summed E-state index contributed by atoms with van der Waals surface area (Å²) in [5.74, 6) is 0. The first-order valence-electron chi connectivity index (χ1n) is 6.82. The zero-order chi connectivity index (χ0) is 13.9. The quantitative estimate of drug-likeness (QED) is 0.845. The molecule has 2 aromatic rings. The lowest BCUT2D eigenvalue weighted by molar-refractivity contribution is 0.517. The highest BCUT2D eigenvalue weighted by Gasteiger charge is 2.18. The third-order valence-corrected chi connectivity index (χ3v) is 4.90. The molecular formula is C14H18Cl2N4S. The summed E-state index contributed by atoms with van der Waals surface area (Å²) in [7, 11) is 2.00. The first-order valence-corrected chi connectivity index (χ1v) is 8.02. The maximum absolute atomic E-state index is 6.19. The summed E-state index contributed by atoms with van der Waals surface area (Å²) in [5.41, 5.74) is 4.42. The summed E-state index contributed by atoms with van der Waals surface area (Å²) < 4.78 is 0. The van der Waals surface area contributed by atoms with Gasteiger partial charge in [0.15, 0.2) is 5.01 Å². The maximum atomic E-state index is 6.19. The number of benzene rings is 1. The van der Waals surface area contributed by atoms with E-state index in [-0.39, 0.29) is 12.4 Å². The number of nitrogens with one attached hydrogen (secondary N) is 1. The minimum Gasteiger partial charge on any atom is -0.285 e. The summed E-state index contributed by atoms with van der Waals surface area (Å²) in [4.78, 5) is 0. The fourth-order valence-corrected chi connectivity index (χ4v) is 3.57. The van der Waals surface area contributed by atoms with Crippen LogP contribution in [0.1, 0.15) is 25.7 Å². The molecule has 0 amide bonds. The lowest BCUT2D eigenvalue weighted by Crippen LogP contribution is -2.41. The number of halogens is 2. The standard InChI is InChI=1S/C14H17ClN4S.ClH/c1-19(18-10-6-2-3-7-10)14-17-16-13(20-14)11-8-4-5-9-12(11)15;/h4-5,8-10,18H,2-3,6-7H2,1H3;1H. The Balaban J connectivity index is 0.00000161. The smallest absolute Gasteiger partial charge is 0.222 e. The predicted octanol–water partition coefficient (Wildman–Crippen LogP) is 4.16. The van der Waals surface area contributed by atoms with Crippen LogP contribution in [0.3, 0.4) is 0 Å². The van der Waals surface area contributed by atoms with Gasteiger partial charge in [-0.05, 0) is 18.9 Å². The van der Waals surface area contributed by atoms with Crippen molar-refractivity contribution in [3.63, 3.8) is 0 Å². The number of nitrogens with zero attached hydrogens (tertiary/aromatic N) is 3. The summed E-state index contributed by atoms with van der Waals surface area (Å²) in [6, 6.07) is 8.28. The second kappa shape index (κ2) is 7.40. The van der Waals surface area contributed by atoms with Gasteiger partial charge in [0.2, 0.25) is 5.13 Å². The maximum Gasteiger partial charge on any atom is 0.222 e. The van der Waals surface area contributed by atoms with Crippen molar-refractivity contribution in [3.8, 4) is 10.6 Å². The van der Waals surface area contributed by atoms with Crippen molar-refractivity contribution in [3.05, 3.63) is 29.3 Å². The molecule has 1 aliphatic rings. The van der Waals surface area contributed by atoms with Crippen LogP contribution in [-0.4, -0.2) is 23.3 Å². The highest BCUT2D eigenvalue weighted by Crippen LogP contribution is 2.32. The van der Waals surface area contributed by atoms with Gasteiger partial charge in [-0.25, -0.2) is 5.43 Å². The lowest BCUT2D eigenvalue weighted by atomic mass is 10.2. The molecule has 1 aliphatic carbocycles. The average Bonchev–Trinajstić information content (AvgIpc) is 3.10. The fourth-order valence-electron chi connectivity index (χ4n) is 2.48. The van der Waals surface area contributed by atoms with Crippen LogP contribution in [0, 0.1) is 0 Å². The molecule has 1 N–H and O–H groups in total. The van der Waals surface area contributed by atoms with Crippen molar-refractivity contribution in [2.75, 3.05) is 12.1 Å². The third-order valence-electron chi connectivity index (χ3n) is 3.54. The van der Waals surface area contributed by atoms with Crippen LogP contribution < -0.4 is 10.4 Å². The molecule has 7 heteroatoms. The molecule has 1 fully saturated rings. The van der Waals surface area contributed by atoms with E-state index in [1.807, 2.05) is 36.3 Å². The topological polar surface area (TPSA) is 41.0 Å². The molecule has 114 valence electrons. The Morgan fingerprint density at radius 2 is 1.95 bits per heavy atom. The second-order valence-corrected chi connectivity index (χ2v) is 6.40. The van der Waals surface area contributed by atoms with Crippen molar-refractivity contribution in [1.29, 1.82) is 0 Å². The molecule has 0 radical (unpaired) electrons. The van der Waals surface area contributed by atoms with Gasteiger partial charge in [0.1, 0.15) is 0 Å². The van der Waals surface area contributed by atoms with E-state index < -0.39 is 0 Å². The molecule has 0 spiro atoms. The van der Waals surface area contributed by atoms with Gasteiger partial charge in [-0.1, -0.05) is 54.0 Å². The van der Waals surface area contributed by atoms with E-state index in [1.165, 1.54) is 25.7 Å². The Morgan fingerprint density at radius 1 is 1.24 bits per heavy atom. The number of aromatic nitrogens is 2. The van der Waals surface area contributed by atoms with E-state index in [9.17, 15) is 0 Å². The molecule has 1 saturated carbocycles. The van der Waals surface area contributed by atoms with Crippen LogP contribution in [-0.2, 0) is 0 Å². The van der Waals surface area contributed by atoms with E-state index >= 15 is 0 Å². The largest absolute Gasteiger partial charge is 0.285 e. The van der Waals surface area contributed by atoms with Gasteiger partial charge >= 0.3 is 0 Å². The van der Waals surface area contributed by atoms with Crippen LogP contribution in [0.5, 0.6) is 0 Å². The van der Waals surface area contributed by atoms with Crippen LogP contribution in [0.2, 0.25) is 5.02 Å². The molecular weight excluding hydrogens is 327 g/mol. The molecule has 1 aromatic carbocycles. The second-order valence-electron chi connectivity index (χ2n) is 5.04. The predicted molar refractivity (Wildman–Crippen MR) is 91.4 cm³/mol. The number of anilines is 1. The molecule has 0 unspecified atom stereocenters. The van der Waals surface area contributed by atoms with E-state index in [0.717, 1.165) is 15.7 Å². The SMILES string of the molecule is CN(NC1CCCC1)c1nnc(-c2ccccc2Cl)s1.Cl. The first kappa shape index (κ1) is 16.5. The Morgan fingerprint density at radius 3 is 2.67 bits per heavy atom. The van der Waals surface area contributed by atoms with Gasteiger partial charge in [-0.2, -0.15) is 0 Å². The minimum absolute atomic E-state index is 0. The van der Waals surface area contributed by atoms with Gasteiger partial charge in [-0.3, -0.25) is 5.01 Å². The van der Waals surface area contributed by atoms with Crippen LogP contribution in [0.4, 0.5) is 5.13 Å². The lowest BCUT2D eigenvalue weighted by Gasteiger charge is -2.21. The fraction of sp³-hybridized carbons (Fsp3) is 0.429. The molecule has 1 heterocycles. The molecule has 3 rings (SSSR count).